The van der Waals surface area contributed by atoms with Crippen LogP contribution >= 0.6 is 0 Å². The minimum Gasteiger partial charge on any atom is -0.405 e. The van der Waals surface area contributed by atoms with E-state index in [1.165, 1.54) is 37.5 Å². The van der Waals surface area contributed by atoms with Crippen molar-refractivity contribution in [2.24, 2.45) is 12.8 Å². The van der Waals surface area contributed by atoms with E-state index < -0.39 is 17.8 Å². The Hall–Kier alpha value is -3.62. The molecule has 1 heterocycles. The first kappa shape index (κ1) is 19.2. The Labute approximate surface area is 157 Å². The molecule has 6 nitrogen and oxygen atoms in total. The molecule has 3 rings (SSSR count). The summed E-state index contributed by atoms with van der Waals surface area (Å²) in [6.07, 6.45) is -3.63. The van der Waals surface area contributed by atoms with E-state index >= 15 is 0 Å². The van der Waals surface area contributed by atoms with E-state index in [0.29, 0.717) is 11.1 Å². The number of aromatic nitrogens is 2. The molecule has 0 aliphatic carbocycles. The zero-order valence-electron chi connectivity index (χ0n) is 14.5. The monoisotopic (exact) mass is 389 g/mol. The predicted molar refractivity (Wildman–Crippen MR) is 95.6 cm³/mol. The van der Waals surface area contributed by atoms with Gasteiger partial charge in [-0.15, -0.1) is 13.2 Å². The third-order valence-corrected chi connectivity index (χ3v) is 3.88. The van der Waals surface area contributed by atoms with Gasteiger partial charge in [-0.25, -0.2) is 4.98 Å². The largest absolute Gasteiger partial charge is 0.573 e. The second kappa shape index (κ2) is 7.18. The fraction of sp³-hybridized carbons (Fsp3) is 0.105. The van der Waals surface area contributed by atoms with Crippen LogP contribution in [-0.4, -0.2) is 21.8 Å². The Morgan fingerprint density at radius 3 is 2.46 bits per heavy atom. The number of nitrogens with zero attached hydrogens (tertiary/aromatic N) is 2. The molecule has 0 spiro atoms. The van der Waals surface area contributed by atoms with Gasteiger partial charge in [-0.1, -0.05) is 36.4 Å². The number of carbonyl (C=O) groups is 1. The lowest BCUT2D eigenvalue weighted by Gasteiger charge is -2.14. The average Bonchev–Trinajstić information content (AvgIpc) is 2.63. The molecule has 0 unspecified atom stereocenters. The van der Waals surface area contributed by atoms with Gasteiger partial charge >= 0.3 is 6.36 Å². The van der Waals surface area contributed by atoms with Crippen molar-refractivity contribution in [1.29, 1.82) is 0 Å². The van der Waals surface area contributed by atoms with Gasteiger partial charge in [0.1, 0.15) is 17.1 Å². The van der Waals surface area contributed by atoms with E-state index in [1.54, 1.807) is 24.3 Å². The SMILES string of the molecule is Cn1cc(C(N)=O)nc(-c2cccc(-c3ccccc3OC(F)(F)F)c2)c1=O. The summed E-state index contributed by atoms with van der Waals surface area (Å²) >= 11 is 0. The number of para-hydroxylation sites is 1. The van der Waals surface area contributed by atoms with Gasteiger partial charge < -0.3 is 15.0 Å². The average molecular weight is 389 g/mol. The fourth-order valence-corrected chi connectivity index (χ4v) is 2.67. The van der Waals surface area contributed by atoms with Crippen LogP contribution in [0.25, 0.3) is 22.4 Å². The van der Waals surface area contributed by atoms with Crippen molar-refractivity contribution in [3.63, 3.8) is 0 Å². The van der Waals surface area contributed by atoms with Crippen LogP contribution in [0.5, 0.6) is 5.75 Å². The highest BCUT2D eigenvalue weighted by Crippen LogP contribution is 2.34. The maximum atomic E-state index is 12.7. The molecule has 1 amide bonds. The number of primary amides is 1. The zero-order chi connectivity index (χ0) is 20.5. The number of benzene rings is 2. The molecule has 0 bridgehead atoms. The molecule has 0 radical (unpaired) electrons. The predicted octanol–water partition coefficient (Wildman–Crippen LogP) is 3.11. The second-order valence-corrected chi connectivity index (χ2v) is 5.88. The smallest absolute Gasteiger partial charge is 0.405 e. The summed E-state index contributed by atoms with van der Waals surface area (Å²) in [4.78, 5) is 27.9. The van der Waals surface area contributed by atoms with Crippen LogP contribution in [0.3, 0.4) is 0 Å². The quantitative estimate of drug-likeness (QED) is 0.743. The maximum Gasteiger partial charge on any atom is 0.573 e. The maximum absolute atomic E-state index is 12.7. The Bertz CT molecular complexity index is 1110. The zero-order valence-corrected chi connectivity index (χ0v) is 14.5. The first-order valence-corrected chi connectivity index (χ1v) is 7.99. The number of hydrogen-bond acceptors (Lipinski definition) is 4. The Balaban J connectivity index is 2.14. The van der Waals surface area contributed by atoms with Gasteiger partial charge in [-0.2, -0.15) is 0 Å². The van der Waals surface area contributed by atoms with Gasteiger partial charge in [0, 0.05) is 24.4 Å². The fourth-order valence-electron chi connectivity index (χ4n) is 2.67. The number of nitrogens with two attached hydrogens (primary N) is 1. The van der Waals surface area contributed by atoms with E-state index in [9.17, 15) is 22.8 Å². The number of hydrogen-bond donors (Lipinski definition) is 1. The van der Waals surface area contributed by atoms with Crippen molar-refractivity contribution in [3.8, 4) is 28.1 Å². The Morgan fingerprint density at radius 2 is 1.79 bits per heavy atom. The molecular formula is C19H14F3N3O3. The number of aryl methyl sites for hydroxylation is 1. The highest BCUT2D eigenvalue weighted by atomic mass is 19.4. The molecule has 1 aromatic heterocycles. The first-order valence-electron chi connectivity index (χ1n) is 7.99. The van der Waals surface area contributed by atoms with Crippen molar-refractivity contribution in [2.45, 2.75) is 6.36 Å². The van der Waals surface area contributed by atoms with Crippen LogP contribution < -0.4 is 16.0 Å². The number of alkyl halides is 3. The highest BCUT2D eigenvalue weighted by Gasteiger charge is 2.32. The third kappa shape index (κ3) is 4.03. The minimum atomic E-state index is -4.85. The van der Waals surface area contributed by atoms with Crippen LogP contribution in [0.4, 0.5) is 13.2 Å². The van der Waals surface area contributed by atoms with E-state index in [0.717, 1.165) is 4.57 Å². The number of ether oxygens (including phenoxy) is 1. The van der Waals surface area contributed by atoms with Crippen LogP contribution in [0.2, 0.25) is 0 Å². The normalized spacial score (nSPS) is 11.3. The van der Waals surface area contributed by atoms with Gasteiger partial charge in [0.15, 0.2) is 0 Å². The van der Waals surface area contributed by atoms with Gasteiger partial charge in [0.25, 0.3) is 11.5 Å². The van der Waals surface area contributed by atoms with Gasteiger partial charge in [-0.05, 0) is 17.7 Å². The molecule has 3 aromatic rings. The van der Waals surface area contributed by atoms with Crippen LogP contribution in [-0.2, 0) is 7.05 Å². The molecule has 0 atom stereocenters. The summed E-state index contributed by atoms with van der Waals surface area (Å²) in [6.45, 7) is 0. The topological polar surface area (TPSA) is 87.2 Å². The standard InChI is InChI=1S/C19H14F3N3O3/c1-25-10-14(17(23)26)24-16(18(25)27)12-6-4-5-11(9-12)13-7-2-3-8-15(13)28-19(20,21)22/h2-10H,1H3,(H2,23,26). The van der Waals surface area contributed by atoms with Gasteiger partial charge in [-0.3, -0.25) is 9.59 Å². The molecule has 9 heteroatoms. The lowest BCUT2D eigenvalue weighted by atomic mass is 10.0. The molecular weight excluding hydrogens is 375 g/mol. The highest BCUT2D eigenvalue weighted by molar-refractivity contribution is 5.91. The van der Waals surface area contributed by atoms with E-state index in [1.807, 2.05) is 0 Å². The second-order valence-electron chi connectivity index (χ2n) is 5.88. The third-order valence-electron chi connectivity index (χ3n) is 3.88. The van der Waals surface area contributed by atoms with E-state index in [-0.39, 0.29) is 22.7 Å². The molecule has 2 N–H and O–H groups in total. The summed E-state index contributed by atoms with van der Waals surface area (Å²) in [6, 6.07) is 11.8. The minimum absolute atomic E-state index is 0.0464. The Morgan fingerprint density at radius 1 is 1.11 bits per heavy atom. The van der Waals surface area contributed by atoms with E-state index in [4.69, 9.17) is 5.73 Å². The molecule has 0 aliphatic rings. The first-order chi connectivity index (χ1) is 13.2. The summed E-state index contributed by atoms with van der Waals surface area (Å²) in [5.74, 6) is -1.18. The van der Waals surface area contributed by atoms with E-state index in [2.05, 4.69) is 9.72 Å². The van der Waals surface area contributed by atoms with Crippen molar-refractivity contribution in [3.05, 3.63) is 70.8 Å². The lowest BCUT2D eigenvalue weighted by molar-refractivity contribution is -0.274. The summed E-state index contributed by atoms with van der Waals surface area (Å²) in [7, 11) is 1.44. The molecule has 0 saturated carbocycles. The van der Waals surface area contributed by atoms with Crippen LogP contribution in [0, 0.1) is 0 Å². The summed E-state index contributed by atoms with van der Waals surface area (Å²) in [5, 5.41) is 0. The van der Waals surface area contributed by atoms with Crippen molar-refractivity contribution < 1.29 is 22.7 Å². The van der Waals surface area contributed by atoms with Crippen LogP contribution in [0.15, 0.2) is 59.5 Å². The molecule has 0 fully saturated rings. The van der Waals surface area contributed by atoms with Gasteiger partial charge in [0.05, 0.1) is 0 Å². The van der Waals surface area contributed by atoms with Crippen LogP contribution in [0.1, 0.15) is 10.5 Å². The van der Waals surface area contributed by atoms with Crippen molar-refractivity contribution in [2.75, 3.05) is 0 Å². The van der Waals surface area contributed by atoms with Crippen molar-refractivity contribution >= 4 is 5.91 Å². The summed E-state index contributed by atoms with van der Waals surface area (Å²) in [5.41, 5.74) is 5.49. The van der Waals surface area contributed by atoms with Gasteiger partial charge in [0.2, 0.25) is 0 Å². The number of carbonyl (C=O) groups excluding carboxylic acids is 1. The molecule has 0 saturated heterocycles. The number of amides is 1. The molecule has 28 heavy (non-hydrogen) atoms. The molecule has 0 aliphatic heterocycles. The molecule has 144 valence electrons. The van der Waals surface area contributed by atoms with Crippen molar-refractivity contribution in [1.82, 2.24) is 9.55 Å². The summed E-state index contributed by atoms with van der Waals surface area (Å²) < 4.78 is 43.3. The lowest BCUT2D eigenvalue weighted by Crippen LogP contribution is -2.25. The number of halogens is 3. The Kier molecular flexibility index (Phi) is 4.91. The number of rotatable bonds is 4. The molecule has 2 aromatic carbocycles.